The lowest BCUT2D eigenvalue weighted by Crippen LogP contribution is -2.46. The van der Waals surface area contributed by atoms with Crippen molar-refractivity contribution >= 4 is 27.9 Å². The highest BCUT2D eigenvalue weighted by atomic mass is 79.9. The van der Waals surface area contributed by atoms with Crippen LogP contribution in [0.1, 0.15) is 43.0 Å². The van der Waals surface area contributed by atoms with Gasteiger partial charge in [-0.05, 0) is 43.5 Å². The number of hydrogen-bond donors (Lipinski definition) is 1. The van der Waals surface area contributed by atoms with Crippen molar-refractivity contribution in [2.24, 2.45) is 0 Å². The van der Waals surface area contributed by atoms with Crippen molar-refractivity contribution in [3.8, 4) is 0 Å². The van der Waals surface area contributed by atoms with Crippen LogP contribution in [0.15, 0.2) is 28.7 Å². The van der Waals surface area contributed by atoms with Gasteiger partial charge in [0.1, 0.15) is 0 Å². The Morgan fingerprint density at radius 3 is 2.52 bits per heavy atom. The zero-order valence-corrected chi connectivity index (χ0v) is 15.0. The van der Waals surface area contributed by atoms with E-state index in [0.29, 0.717) is 25.3 Å². The Kier molecular flexibility index (Phi) is 6.89. The predicted octanol–water partition coefficient (Wildman–Crippen LogP) is 3.58. The van der Waals surface area contributed by atoms with Crippen LogP contribution in [0.5, 0.6) is 0 Å². The molecule has 0 radical (unpaired) electrons. The van der Waals surface area contributed by atoms with Crippen LogP contribution in [0.2, 0.25) is 0 Å². The van der Waals surface area contributed by atoms with E-state index in [1.54, 1.807) is 17.0 Å². The Hall–Kier alpha value is -1.56. The van der Waals surface area contributed by atoms with E-state index in [1.165, 1.54) is 0 Å². The summed E-state index contributed by atoms with van der Waals surface area (Å²) in [4.78, 5) is 25.8. The zero-order chi connectivity index (χ0) is 16.7. The minimum atomic E-state index is -0.240. The number of amides is 2. The summed E-state index contributed by atoms with van der Waals surface area (Å²) >= 11 is 3.35. The lowest BCUT2D eigenvalue weighted by molar-refractivity contribution is 0.0836. The maximum atomic E-state index is 12.2. The first-order chi connectivity index (χ1) is 11.1. The summed E-state index contributed by atoms with van der Waals surface area (Å²) in [5.74, 6) is -0.0681. The molecule has 2 amide bonds. The van der Waals surface area contributed by atoms with Crippen molar-refractivity contribution in [1.82, 2.24) is 10.2 Å². The Morgan fingerprint density at radius 1 is 1.26 bits per heavy atom. The average molecular weight is 383 g/mol. The molecule has 1 saturated heterocycles. The molecule has 1 heterocycles. The van der Waals surface area contributed by atoms with Crippen LogP contribution < -0.4 is 5.32 Å². The molecule has 0 spiro atoms. The molecular formula is C17H23BrN2O3. The lowest BCUT2D eigenvalue weighted by Gasteiger charge is -2.31. The molecule has 1 aliphatic heterocycles. The van der Waals surface area contributed by atoms with Crippen LogP contribution in [0.25, 0.3) is 0 Å². The van der Waals surface area contributed by atoms with E-state index >= 15 is 0 Å². The van der Waals surface area contributed by atoms with Crippen molar-refractivity contribution in [3.63, 3.8) is 0 Å². The second kappa shape index (κ2) is 8.91. The number of benzene rings is 1. The van der Waals surface area contributed by atoms with Crippen LogP contribution in [0, 0.1) is 0 Å². The number of nitrogens with zero attached hydrogens (tertiary/aromatic N) is 1. The van der Waals surface area contributed by atoms with Crippen molar-refractivity contribution in [2.45, 2.75) is 38.6 Å². The van der Waals surface area contributed by atoms with E-state index < -0.39 is 0 Å². The topological polar surface area (TPSA) is 58.6 Å². The zero-order valence-electron chi connectivity index (χ0n) is 13.4. The van der Waals surface area contributed by atoms with Crippen molar-refractivity contribution in [2.75, 3.05) is 19.7 Å². The second-order valence-electron chi connectivity index (χ2n) is 5.71. The third-order valence-corrected chi connectivity index (χ3v) is 4.45. The number of nitrogens with one attached hydrogen (secondary N) is 1. The summed E-state index contributed by atoms with van der Waals surface area (Å²) in [6, 6.07) is 7.39. The number of carbonyl (C=O) groups is 2. The first-order valence-corrected chi connectivity index (χ1v) is 8.87. The summed E-state index contributed by atoms with van der Waals surface area (Å²) in [6.45, 7) is 3.79. The molecule has 23 heavy (non-hydrogen) atoms. The Bertz CT molecular complexity index is 525. The van der Waals surface area contributed by atoms with Crippen LogP contribution in [0.3, 0.4) is 0 Å². The molecule has 126 valence electrons. The Morgan fingerprint density at radius 2 is 1.91 bits per heavy atom. The smallest absolute Gasteiger partial charge is 0.409 e. The normalized spacial score (nSPS) is 15.3. The third kappa shape index (κ3) is 5.53. The van der Waals surface area contributed by atoms with Gasteiger partial charge in [-0.1, -0.05) is 29.3 Å². The summed E-state index contributed by atoms with van der Waals surface area (Å²) in [6.07, 6.45) is 3.18. The largest absolute Gasteiger partial charge is 0.449 e. The molecule has 0 unspecified atom stereocenters. The SMILES string of the molecule is CCCCOC(=O)N1CCC(NC(=O)c2ccc(Br)cc2)CC1. The molecular weight excluding hydrogens is 360 g/mol. The van der Waals surface area contributed by atoms with Gasteiger partial charge in [0.15, 0.2) is 0 Å². The lowest BCUT2D eigenvalue weighted by atomic mass is 10.0. The molecule has 0 aliphatic carbocycles. The summed E-state index contributed by atoms with van der Waals surface area (Å²) in [5, 5.41) is 3.03. The molecule has 5 nitrogen and oxygen atoms in total. The Balaban J connectivity index is 1.75. The van der Waals surface area contributed by atoms with Gasteiger partial charge in [-0.3, -0.25) is 4.79 Å². The molecule has 1 fully saturated rings. The molecule has 1 aromatic rings. The predicted molar refractivity (Wildman–Crippen MR) is 92.5 cm³/mol. The minimum absolute atomic E-state index is 0.0681. The maximum Gasteiger partial charge on any atom is 0.409 e. The monoisotopic (exact) mass is 382 g/mol. The number of piperidine rings is 1. The molecule has 0 saturated carbocycles. The minimum Gasteiger partial charge on any atom is -0.449 e. The fraction of sp³-hybridized carbons (Fsp3) is 0.529. The molecule has 0 bridgehead atoms. The van der Waals surface area contributed by atoms with E-state index in [4.69, 9.17) is 4.74 Å². The number of hydrogen-bond acceptors (Lipinski definition) is 3. The van der Waals surface area contributed by atoms with Gasteiger partial charge in [0.05, 0.1) is 6.61 Å². The third-order valence-electron chi connectivity index (χ3n) is 3.92. The number of ether oxygens (including phenoxy) is 1. The van der Waals surface area contributed by atoms with E-state index in [2.05, 4.69) is 28.2 Å². The number of carbonyl (C=O) groups excluding carboxylic acids is 2. The highest BCUT2D eigenvalue weighted by Crippen LogP contribution is 2.14. The summed E-state index contributed by atoms with van der Waals surface area (Å²) in [5.41, 5.74) is 0.648. The summed E-state index contributed by atoms with van der Waals surface area (Å²) < 4.78 is 6.16. The van der Waals surface area contributed by atoms with E-state index in [0.717, 1.165) is 30.2 Å². The van der Waals surface area contributed by atoms with Crippen LogP contribution in [0.4, 0.5) is 4.79 Å². The van der Waals surface area contributed by atoms with E-state index in [-0.39, 0.29) is 18.0 Å². The van der Waals surface area contributed by atoms with Crippen LogP contribution in [-0.2, 0) is 4.74 Å². The molecule has 2 rings (SSSR count). The average Bonchev–Trinajstić information content (AvgIpc) is 2.56. The molecule has 1 aliphatic rings. The number of rotatable bonds is 5. The standard InChI is InChI=1S/C17H23BrN2O3/c1-2-3-12-23-17(22)20-10-8-15(9-11-20)19-16(21)13-4-6-14(18)7-5-13/h4-7,15H,2-3,8-12H2,1H3,(H,19,21). The fourth-order valence-electron chi connectivity index (χ4n) is 2.47. The first-order valence-electron chi connectivity index (χ1n) is 8.08. The van der Waals surface area contributed by atoms with Crippen LogP contribution in [-0.4, -0.2) is 42.6 Å². The van der Waals surface area contributed by atoms with Gasteiger partial charge in [0.2, 0.25) is 0 Å². The molecule has 0 aromatic heterocycles. The maximum absolute atomic E-state index is 12.2. The highest BCUT2D eigenvalue weighted by Gasteiger charge is 2.24. The van der Waals surface area contributed by atoms with Gasteiger partial charge in [0.25, 0.3) is 5.91 Å². The van der Waals surface area contributed by atoms with Crippen LogP contribution >= 0.6 is 15.9 Å². The number of unbranched alkanes of at least 4 members (excludes halogenated alkanes) is 1. The first kappa shape index (κ1) is 17.8. The second-order valence-corrected chi connectivity index (χ2v) is 6.63. The fourth-order valence-corrected chi connectivity index (χ4v) is 2.74. The van der Waals surface area contributed by atoms with E-state index in [9.17, 15) is 9.59 Å². The van der Waals surface area contributed by atoms with Gasteiger partial charge in [-0.2, -0.15) is 0 Å². The number of likely N-dealkylation sites (tertiary alicyclic amines) is 1. The molecule has 6 heteroatoms. The van der Waals surface area contributed by atoms with Gasteiger partial charge < -0.3 is 15.0 Å². The number of halogens is 1. The quantitative estimate of drug-likeness (QED) is 0.791. The molecule has 0 atom stereocenters. The van der Waals surface area contributed by atoms with Crippen molar-refractivity contribution in [1.29, 1.82) is 0 Å². The summed E-state index contributed by atoms with van der Waals surface area (Å²) in [7, 11) is 0. The van der Waals surface area contributed by atoms with Crippen molar-refractivity contribution < 1.29 is 14.3 Å². The van der Waals surface area contributed by atoms with E-state index in [1.807, 2.05) is 12.1 Å². The Labute approximate surface area is 145 Å². The molecule has 1 N–H and O–H groups in total. The van der Waals surface area contributed by atoms with Gasteiger partial charge >= 0.3 is 6.09 Å². The molecule has 1 aromatic carbocycles. The van der Waals surface area contributed by atoms with Crippen molar-refractivity contribution in [3.05, 3.63) is 34.3 Å². The van der Waals surface area contributed by atoms with Gasteiger partial charge in [-0.25, -0.2) is 4.79 Å². The highest BCUT2D eigenvalue weighted by molar-refractivity contribution is 9.10. The van der Waals surface area contributed by atoms with Gasteiger partial charge in [0, 0.05) is 29.2 Å². The van der Waals surface area contributed by atoms with Gasteiger partial charge in [-0.15, -0.1) is 0 Å².